The maximum absolute atomic E-state index is 13.2. The number of carbonyl (C=O) groups excluding carboxylic acids is 1. The summed E-state index contributed by atoms with van der Waals surface area (Å²) < 4.78 is 0. The third-order valence-electron chi connectivity index (χ3n) is 6.22. The van der Waals surface area contributed by atoms with E-state index < -0.39 is 0 Å². The third-order valence-corrected chi connectivity index (χ3v) is 6.22. The average molecular weight is 424 g/mol. The summed E-state index contributed by atoms with van der Waals surface area (Å²) in [5.41, 5.74) is 4.59. The molecular formula is C26H25N5O. The van der Waals surface area contributed by atoms with Crippen molar-refractivity contribution < 1.29 is 4.79 Å². The van der Waals surface area contributed by atoms with Crippen molar-refractivity contribution in [3.8, 4) is 11.3 Å². The van der Waals surface area contributed by atoms with E-state index in [4.69, 9.17) is 0 Å². The molecule has 0 N–H and O–H groups in total. The number of amides is 1. The van der Waals surface area contributed by atoms with Gasteiger partial charge < -0.3 is 4.90 Å². The van der Waals surface area contributed by atoms with Crippen LogP contribution in [0, 0.1) is 5.92 Å². The molecule has 4 aromatic rings. The van der Waals surface area contributed by atoms with Gasteiger partial charge in [0.25, 0.3) is 5.91 Å². The van der Waals surface area contributed by atoms with Crippen LogP contribution in [0.4, 0.5) is 0 Å². The third kappa shape index (κ3) is 4.35. The molecule has 3 aromatic heterocycles. The van der Waals surface area contributed by atoms with E-state index in [0.29, 0.717) is 17.2 Å². The maximum Gasteiger partial charge on any atom is 0.253 e. The van der Waals surface area contributed by atoms with Crippen LogP contribution in [-0.4, -0.2) is 43.8 Å². The molecule has 1 unspecified atom stereocenters. The standard InChI is InChI=1S/C26H25N5O/c32-26(22-8-11-29-24(15-22)23-16-27-18-28-17-23)31-12-3-4-19(9-13-31)14-21-6-1-5-20-7-2-10-30-25(20)21/h1-2,5-8,10-11,15-19H,3-4,9,12-14H2. The first kappa shape index (κ1) is 20.2. The van der Waals surface area contributed by atoms with Gasteiger partial charge in [-0.15, -0.1) is 0 Å². The smallest absolute Gasteiger partial charge is 0.253 e. The number of fused-ring (bicyclic) bond motifs is 1. The van der Waals surface area contributed by atoms with E-state index in [-0.39, 0.29) is 5.91 Å². The van der Waals surface area contributed by atoms with Gasteiger partial charge in [-0.2, -0.15) is 0 Å². The summed E-state index contributed by atoms with van der Waals surface area (Å²) in [5.74, 6) is 0.618. The number of carbonyl (C=O) groups is 1. The van der Waals surface area contributed by atoms with Crippen LogP contribution in [0.5, 0.6) is 0 Å². The Morgan fingerprint density at radius 2 is 1.84 bits per heavy atom. The summed E-state index contributed by atoms with van der Waals surface area (Å²) in [6.45, 7) is 1.56. The highest BCUT2D eigenvalue weighted by molar-refractivity contribution is 5.95. The van der Waals surface area contributed by atoms with Crippen molar-refractivity contribution in [3.63, 3.8) is 0 Å². The molecule has 1 aliphatic rings. The van der Waals surface area contributed by atoms with Crippen molar-refractivity contribution in [3.05, 3.63) is 84.7 Å². The minimum Gasteiger partial charge on any atom is -0.339 e. The van der Waals surface area contributed by atoms with Gasteiger partial charge in [0.05, 0.1) is 11.2 Å². The highest BCUT2D eigenvalue weighted by Gasteiger charge is 2.23. The molecule has 1 amide bonds. The van der Waals surface area contributed by atoms with Crippen molar-refractivity contribution in [2.45, 2.75) is 25.7 Å². The summed E-state index contributed by atoms with van der Waals surface area (Å²) in [6.07, 6.45) is 12.6. The van der Waals surface area contributed by atoms with Crippen molar-refractivity contribution in [2.24, 2.45) is 5.92 Å². The summed E-state index contributed by atoms with van der Waals surface area (Å²) in [4.78, 5) is 32.3. The van der Waals surface area contributed by atoms with E-state index in [0.717, 1.165) is 49.9 Å². The van der Waals surface area contributed by atoms with E-state index in [1.165, 1.54) is 17.3 Å². The normalized spacial score (nSPS) is 16.6. The fraction of sp³-hybridized carbons (Fsp3) is 0.269. The molecule has 1 atom stereocenters. The molecule has 6 nitrogen and oxygen atoms in total. The minimum absolute atomic E-state index is 0.0676. The molecule has 32 heavy (non-hydrogen) atoms. The quantitative estimate of drug-likeness (QED) is 0.481. The number of hydrogen-bond acceptors (Lipinski definition) is 5. The van der Waals surface area contributed by atoms with Gasteiger partial charge >= 0.3 is 0 Å². The first-order valence-electron chi connectivity index (χ1n) is 11.1. The Labute approximate surface area is 187 Å². The Kier molecular flexibility index (Phi) is 5.83. The SMILES string of the molecule is O=C(c1ccnc(-c2cncnc2)c1)N1CCCC(Cc2cccc3cccnc23)CC1. The lowest BCUT2D eigenvalue weighted by Crippen LogP contribution is -2.32. The van der Waals surface area contributed by atoms with Gasteiger partial charge in [0.1, 0.15) is 6.33 Å². The second kappa shape index (κ2) is 9.22. The number of para-hydroxylation sites is 1. The molecule has 1 saturated heterocycles. The molecule has 1 aliphatic heterocycles. The Morgan fingerprint density at radius 3 is 2.75 bits per heavy atom. The van der Waals surface area contributed by atoms with Crippen LogP contribution in [0.3, 0.4) is 0 Å². The molecule has 160 valence electrons. The monoisotopic (exact) mass is 423 g/mol. The number of nitrogens with zero attached hydrogens (tertiary/aromatic N) is 5. The lowest BCUT2D eigenvalue weighted by atomic mass is 9.91. The summed E-state index contributed by atoms with van der Waals surface area (Å²) in [5, 5.41) is 1.19. The van der Waals surface area contributed by atoms with Crippen molar-refractivity contribution >= 4 is 16.8 Å². The van der Waals surface area contributed by atoms with Crippen LogP contribution in [0.25, 0.3) is 22.2 Å². The van der Waals surface area contributed by atoms with E-state index in [9.17, 15) is 4.79 Å². The van der Waals surface area contributed by atoms with E-state index >= 15 is 0 Å². The molecule has 1 aromatic carbocycles. The first-order valence-corrected chi connectivity index (χ1v) is 11.1. The number of hydrogen-bond donors (Lipinski definition) is 0. The molecule has 0 radical (unpaired) electrons. The van der Waals surface area contributed by atoms with Crippen LogP contribution >= 0.6 is 0 Å². The Morgan fingerprint density at radius 1 is 0.969 bits per heavy atom. The number of likely N-dealkylation sites (tertiary alicyclic amines) is 1. The van der Waals surface area contributed by atoms with Gasteiger partial charge in [0.15, 0.2) is 0 Å². The van der Waals surface area contributed by atoms with Gasteiger partial charge in [0.2, 0.25) is 0 Å². The molecule has 0 aliphatic carbocycles. The van der Waals surface area contributed by atoms with Crippen LogP contribution in [0.1, 0.15) is 35.2 Å². The van der Waals surface area contributed by atoms with Gasteiger partial charge in [-0.05, 0) is 55.4 Å². The Bertz CT molecular complexity index is 1220. The molecular weight excluding hydrogens is 398 g/mol. The zero-order valence-electron chi connectivity index (χ0n) is 17.9. The van der Waals surface area contributed by atoms with E-state index in [1.807, 2.05) is 23.2 Å². The molecule has 1 fully saturated rings. The average Bonchev–Trinajstić information content (AvgIpc) is 3.10. The molecule has 5 rings (SSSR count). The fourth-order valence-corrected chi connectivity index (χ4v) is 4.55. The number of pyridine rings is 2. The van der Waals surface area contributed by atoms with Crippen LogP contribution < -0.4 is 0 Å². The lowest BCUT2D eigenvalue weighted by molar-refractivity contribution is 0.0760. The minimum atomic E-state index is 0.0676. The Hall–Kier alpha value is -3.67. The van der Waals surface area contributed by atoms with Crippen molar-refractivity contribution in [2.75, 3.05) is 13.1 Å². The maximum atomic E-state index is 13.2. The predicted molar refractivity (Wildman–Crippen MR) is 124 cm³/mol. The first-order chi connectivity index (χ1) is 15.8. The number of rotatable bonds is 4. The van der Waals surface area contributed by atoms with Gasteiger partial charge in [-0.3, -0.25) is 14.8 Å². The summed E-state index contributed by atoms with van der Waals surface area (Å²) in [7, 11) is 0. The van der Waals surface area contributed by atoms with Crippen LogP contribution in [0.15, 0.2) is 73.6 Å². The predicted octanol–water partition coefficient (Wildman–Crippen LogP) is 4.57. The van der Waals surface area contributed by atoms with Crippen LogP contribution in [-0.2, 0) is 6.42 Å². The number of aromatic nitrogens is 4. The highest BCUT2D eigenvalue weighted by Crippen LogP contribution is 2.26. The Balaban J connectivity index is 1.28. The number of benzene rings is 1. The van der Waals surface area contributed by atoms with Gasteiger partial charge in [-0.1, -0.05) is 24.3 Å². The van der Waals surface area contributed by atoms with E-state index in [2.05, 4.69) is 44.2 Å². The second-order valence-corrected chi connectivity index (χ2v) is 8.34. The topological polar surface area (TPSA) is 71.9 Å². The largest absolute Gasteiger partial charge is 0.339 e. The lowest BCUT2D eigenvalue weighted by Gasteiger charge is -2.21. The second-order valence-electron chi connectivity index (χ2n) is 8.34. The zero-order chi connectivity index (χ0) is 21.8. The molecule has 0 saturated carbocycles. The molecule has 0 bridgehead atoms. The fourth-order valence-electron chi connectivity index (χ4n) is 4.55. The zero-order valence-corrected chi connectivity index (χ0v) is 17.9. The summed E-state index contributed by atoms with van der Waals surface area (Å²) in [6, 6.07) is 14.1. The molecule has 0 spiro atoms. The van der Waals surface area contributed by atoms with Gasteiger partial charge in [0, 0.05) is 54.4 Å². The van der Waals surface area contributed by atoms with Gasteiger partial charge in [-0.25, -0.2) is 9.97 Å². The highest BCUT2D eigenvalue weighted by atomic mass is 16.2. The molecule has 4 heterocycles. The van der Waals surface area contributed by atoms with Crippen molar-refractivity contribution in [1.82, 2.24) is 24.8 Å². The summed E-state index contributed by atoms with van der Waals surface area (Å²) >= 11 is 0. The molecule has 6 heteroatoms. The van der Waals surface area contributed by atoms with Crippen molar-refractivity contribution in [1.29, 1.82) is 0 Å². The van der Waals surface area contributed by atoms with E-state index in [1.54, 1.807) is 24.7 Å². The van der Waals surface area contributed by atoms with Crippen LogP contribution in [0.2, 0.25) is 0 Å².